The van der Waals surface area contributed by atoms with Crippen LogP contribution in [0.2, 0.25) is 0 Å². The summed E-state index contributed by atoms with van der Waals surface area (Å²) in [6.45, 7) is 3.96. The van der Waals surface area contributed by atoms with E-state index in [-0.39, 0.29) is 11.9 Å². The summed E-state index contributed by atoms with van der Waals surface area (Å²) in [5.41, 5.74) is 0. The molecule has 1 amide bonds. The van der Waals surface area contributed by atoms with Crippen molar-refractivity contribution in [3.8, 4) is 0 Å². The highest BCUT2D eigenvalue weighted by Gasteiger charge is 2.23. The molecule has 3 N–H and O–H groups in total. The second-order valence-corrected chi connectivity index (χ2v) is 4.35. The van der Waals surface area contributed by atoms with Crippen molar-refractivity contribution in [2.24, 2.45) is 7.05 Å². The minimum Gasteiger partial charge on any atom is -0.347 e. The van der Waals surface area contributed by atoms with E-state index in [4.69, 9.17) is 0 Å². The van der Waals surface area contributed by atoms with Crippen LogP contribution in [0.4, 0.5) is 0 Å². The van der Waals surface area contributed by atoms with Gasteiger partial charge in [-0.15, -0.1) is 10.2 Å². The van der Waals surface area contributed by atoms with Gasteiger partial charge in [-0.05, 0) is 6.92 Å². The van der Waals surface area contributed by atoms with Gasteiger partial charge in [-0.1, -0.05) is 0 Å². The highest BCUT2D eigenvalue weighted by Crippen LogP contribution is 1.95. The fourth-order valence-electron chi connectivity index (χ4n) is 1.72. The average molecular weight is 238 g/mol. The average Bonchev–Trinajstić information content (AvgIpc) is 2.73. The number of hydrogen-bond acceptors (Lipinski definition) is 5. The number of aromatic nitrogens is 3. The van der Waals surface area contributed by atoms with Crippen molar-refractivity contribution in [3.63, 3.8) is 0 Å². The van der Waals surface area contributed by atoms with E-state index in [1.54, 1.807) is 10.9 Å². The Morgan fingerprint density at radius 1 is 1.59 bits per heavy atom. The first-order valence-electron chi connectivity index (χ1n) is 5.74. The van der Waals surface area contributed by atoms with Crippen LogP contribution in [0.3, 0.4) is 0 Å². The molecular formula is C10H18N6O. The Kier molecular flexibility index (Phi) is 3.70. The Balaban J connectivity index is 1.80. The monoisotopic (exact) mass is 238 g/mol. The molecule has 0 aromatic carbocycles. The van der Waals surface area contributed by atoms with E-state index >= 15 is 0 Å². The molecule has 0 aliphatic carbocycles. The number of aryl methyl sites for hydroxylation is 1. The number of rotatable bonds is 3. The number of nitrogens with zero attached hydrogens (tertiary/aromatic N) is 3. The Hall–Kier alpha value is -1.47. The van der Waals surface area contributed by atoms with Crippen LogP contribution in [0.1, 0.15) is 12.7 Å². The molecule has 2 unspecified atom stereocenters. The number of piperazine rings is 1. The molecule has 2 heterocycles. The second-order valence-electron chi connectivity index (χ2n) is 4.35. The summed E-state index contributed by atoms with van der Waals surface area (Å²) in [5.74, 6) is 0.739. The highest BCUT2D eigenvalue weighted by molar-refractivity contribution is 5.82. The van der Waals surface area contributed by atoms with Crippen LogP contribution < -0.4 is 16.0 Å². The Morgan fingerprint density at radius 2 is 2.41 bits per heavy atom. The predicted molar refractivity (Wildman–Crippen MR) is 62.1 cm³/mol. The minimum atomic E-state index is -0.167. The molecule has 94 valence electrons. The number of carbonyl (C=O) groups excluding carboxylic acids is 1. The van der Waals surface area contributed by atoms with Gasteiger partial charge in [0.2, 0.25) is 5.91 Å². The fraction of sp³-hybridized carbons (Fsp3) is 0.700. The molecule has 1 saturated heterocycles. The van der Waals surface area contributed by atoms with E-state index < -0.39 is 0 Å². The van der Waals surface area contributed by atoms with Crippen LogP contribution in [0.15, 0.2) is 6.33 Å². The zero-order chi connectivity index (χ0) is 12.3. The van der Waals surface area contributed by atoms with E-state index in [1.165, 1.54) is 0 Å². The lowest BCUT2D eigenvalue weighted by Gasteiger charge is -2.28. The van der Waals surface area contributed by atoms with Crippen LogP contribution in [0.25, 0.3) is 0 Å². The van der Waals surface area contributed by atoms with Crippen LogP contribution >= 0.6 is 0 Å². The molecule has 1 aromatic rings. The minimum absolute atomic E-state index is 0.00704. The lowest BCUT2D eigenvalue weighted by Crippen LogP contribution is -2.58. The summed E-state index contributed by atoms with van der Waals surface area (Å²) in [5, 5.41) is 17.0. The molecule has 17 heavy (non-hydrogen) atoms. The summed E-state index contributed by atoms with van der Waals surface area (Å²) in [6.07, 6.45) is 1.61. The van der Waals surface area contributed by atoms with Crippen molar-refractivity contribution < 1.29 is 4.79 Å². The molecule has 1 aliphatic rings. The normalized spacial score (nSPS) is 24.6. The lowest BCUT2D eigenvalue weighted by atomic mass is 10.1. The lowest BCUT2D eigenvalue weighted by molar-refractivity contribution is -0.123. The van der Waals surface area contributed by atoms with Gasteiger partial charge in [0.15, 0.2) is 5.82 Å². The maximum atomic E-state index is 11.8. The van der Waals surface area contributed by atoms with Gasteiger partial charge in [-0.3, -0.25) is 4.79 Å². The van der Waals surface area contributed by atoms with E-state index in [0.717, 1.165) is 12.4 Å². The predicted octanol–water partition coefficient (Wildman–Crippen LogP) is -1.62. The maximum absolute atomic E-state index is 11.8. The third kappa shape index (κ3) is 3.01. The van der Waals surface area contributed by atoms with Gasteiger partial charge in [-0.2, -0.15) is 0 Å². The molecule has 1 aliphatic heterocycles. The standard InChI is InChI=1S/C10H18N6O/c1-7-3-12-8(4-11-7)10(17)13-5-9-15-14-6-16(9)2/h6-8,11-12H,3-5H2,1-2H3,(H,13,17). The summed E-state index contributed by atoms with van der Waals surface area (Å²) in [4.78, 5) is 11.8. The number of amides is 1. The van der Waals surface area contributed by atoms with Gasteiger partial charge in [0, 0.05) is 26.2 Å². The van der Waals surface area contributed by atoms with E-state index in [1.807, 2.05) is 7.05 Å². The summed E-state index contributed by atoms with van der Waals surface area (Å²) < 4.78 is 1.79. The third-order valence-electron chi connectivity index (χ3n) is 2.88. The molecular weight excluding hydrogens is 220 g/mol. The number of carbonyl (C=O) groups is 1. The van der Waals surface area contributed by atoms with Crippen LogP contribution in [-0.4, -0.2) is 45.8 Å². The first kappa shape index (κ1) is 12.0. The van der Waals surface area contributed by atoms with Crippen LogP contribution in [0, 0.1) is 0 Å². The Labute approximate surface area is 100.0 Å². The van der Waals surface area contributed by atoms with Gasteiger partial charge >= 0.3 is 0 Å². The quantitative estimate of drug-likeness (QED) is 0.589. The van der Waals surface area contributed by atoms with Crippen molar-refractivity contribution in [2.75, 3.05) is 13.1 Å². The van der Waals surface area contributed by atoms with Crippen molar-refractivity contribution in [1.29, 1.82) is 0 Å². The van der Waals surface area contributed by atoms with Gasteiger partial charge in [0.1, 0.15) is 6.33 Å². The van der Waals surface area contributed by atoms with E-state index in [2.05, 4.69) is 33.1 Å². The topological polar surface area (TPSA) is 83.9 Å². The summed E-state index contributed by atoms with van der Waals surface area (Å²) >= 11 is 0. The number of nitrogens with one attached hydrogen (secondary N) is 3. The fourth-order valence-corrected chi connectivity index (χ4v) is 1.72. The van der Waals surface area contributed by atoms with Crippen molar-refractivity contribution in [1.82, 2.24) is 30.7 Å². The number of hydrogen-bond donors (Lipinski definition) is 3. The van der Waals surface area contributed by atoms with E-state index in [9.17, 15) is 4.79 Å². The van der Waals surface area contributed by atoms with Crippen molar-refractivity contribution >= 4 is 5.91 Å². The summed E-state index contributed by atoms with van der Waals surface area (Å²) in [6, 6.07) is 0.247. The van der Waals surface area contributed by atoms with Gasteiger partial charge in [-0.25, -0.2) is 0 Å². The van der Waals surface area contributed by atoms with Crippen LogP contribution in [-0.2, 0) is 18.4 Å². The molecule has 2 rings (SSSR count). The molecule has 0 radical (unpaired) electrons. The molecule has 1 aromatic heterocycles. The highest BCUT2D eigenvalue weighted by atomic mass is 16.2. The third-order valence-corrected chi connectivity index (χ3v) is 2.88. The summed E-state index contributed by atoms with van der Waals surface area (Å²) in [7, 11) is 1.85. The Morgan fingerprint density at radius 3 is 3.00 bits per heavy atom. The first-order valence-corrected chi connectivity index (χ1v) is 5.74. The zero-order valence-electron chi connectivity index (χ0n) is 10.1. The molecule has 2 atom stereocenters. The molecule has 0 bridgehead atoms. The Bertz CT molecular complexity index is 382. The molecule has 0 saturated carbocycles. The smallest absolute Gasteiger partial charge is 0.238 e. The SMILES string of the molecule is CC1CNC(C(=O)NCc2nncn2C)CN1. The second kappa shape index (κ2) is 5.24. The van der Waals surface area contributed by atoms with Gasteiger partial charge in [0.05, 0.1) is 12.6 Å². The van der Waals surface area contributed by atoms with Crippen molar-refractivity contribution in [3.05, 3.63) is 12.2 Å². The van der Waals surface area contributed by atoms with Crippen molar-refractivity contribution in [2.45, 2.75) is 25.6 Å². The maximum Gasteiger partial charge on any atom is 0.238 e. The first-order chi connectivity index (χ1) is 8.16. The van der Waals surface area contributed by atoms with Gasteiger partial charge in [0.25, 0.3) is 0 Å². The largest absolute Gasteiger partial charge is 0.347 e. The molecule has 7 nitrogen and oxygen atoms in total. The zero-order valence-corrected chi connectivity index (χ0v) is 10.1. The van der Waals surface area contributed by atoms with Gasteiger partial charge < -0.3 is 20.5 Å². The molecule has 7 heteroatoms. The molecule has 1 fully saturated rings. The van der Waals surface area contributed by atoms with E-state index in [0.29, 0.717) is 19.1 Å². The molecule has 0 spiro atoms. The van der Waals surface area contributed by atoms with Crippen LogP contribution in [0.5, 0.6) is 0 Å².